The van der Waals surface area contributed by atoms with E-state index in [-0.39, 0.29) is 31.3 Å². The van der Waals surface area contributed by atoms with Gasteiger partial charge < -0.3 is 19.9 Å². The normalized spacial score (nSPS) is 17.9. The molecular formula is C33H30BrFN2O4. The molecule has 1 amide bonds. The molecule has 8 heteroatoms. The summed E-state index contributed by atoms with van der Waals surface area (Å²) >= 11 is 3.49. The number of aliphatic imine (C=N–C) groups is 1. The van der Waals surface area contributed by atoms with Crippen molar-refractivity contribution in [3.8, 4) is 5.75 Å². The summed E-state index contributed by atoms with van der Waals surface area (Å²) in [7, 11) is 0. The van der Waals surface area contributed by atoms with Crippen molar-refractivity contribution < 1.29 is 23.8 Å². The third-order valence-corrected chi connectivity index (χ3v) is 7.39. The maximum absolute atomic E-state index is 14.2. The molecule has 1 aliphatic rings. The molecule has 0 aliphatic carbocycles. The third-order valence-electron chi connectivity index (χ3n) is 6.86. The minimum Gasteiger partial charge on any atom is -0.494 e. The Labute approximate surface area is 247 Å². The van der Waals surface area contributed by atoms with Crippen LogP contribution in [0.2, 0.25) is 0 Å². The van der Waals surface area contributed by atoms with Crippen molar-refractivity contribution in [3.63, 3.8) is 0 Å². The minimum absolute atomic E-state index is 0.0605. The van der Waals surface area contributed by atoms with Crippen LogP contribution in [0.5, 0.6) is 5.75 Å². The maximum Gasteiger partial charge on any atom is 0.252 e. The fraction of sp³-hybridized carbons (Fsp3) is 0.212. The summed E-state index contributed by atoms with van der Waals surface area (Å²) < 4.78 is 27.0. The molecule has 4 aromatic carbocycles. The van der Waals surface area contributed by atoms with Gasteiger partial charge in [-0.05, 0) is 65.2 Å². The number of halogens is 2. The number of hydrogen-bond acceptors (Lipinski definition) is 5. The average molecular weight is 618 g/mol. The van der Waals surface area contributed by atoms with Crippen LogP contribution in [-0.4, -0.2) is 35.7 Å². The lowest BCUT2D eigenvalue weighted by atomic mass is 9.82. The highest BCUT2D eigenvalue weighted by atomic mass is 79.9. The molecule has 0 saturated carbocycles. The standard InChI is InChI=1S/C33H30BrFN2O4/c34-27-14-10-25(11-15-27)30-33(21-23-6-2-1-3-7-23,32(39)36-22-24-8-4-9-28(35)20-24)37-31(41-30)26-12-16-29(17-13-26)40-19-5-18-38/h1-4,6-17,20,30,38H,5,18-19,21-22H2,(H,36,39)/t30-,33-/m1/s1. The predicted octanol–water partition coefficient (Wildman–Crippen LogP) is 6.17. The van der Waals surface area contributed by atoms with Crippen LogP contribution in [0.4, 0.5) is 4.39 Å². The molecule has 0 bridgehead atoms. The first kappa shape index (κ1) is 28.5. The van der Waals surface area contributed by atoms with Crippen LogP contribution < -0.4 is 10.1 Å². The van der Waals surface area contributed by atoms with Crippen molar-refractivity contribution in [2.75, 3.05) is 13.2 Å². The Morgan fingerprint density at radius 2 is 1.71 bits per heavy atom. The van der Waals surface area contributed by atoms with Gasteiger partial charge in [0, 0.05) is 36.0 Å². The van der Waals surface area contributed by atoms with Crippen LogP contribution in [0.1, 0.15) is 34.8 Å². The molecule has 1 aliphatic heterocycles. The zero-order valence-electron chi connectivity index (χ0n) is 22.3. The van der Waals surface area contributed by atoms with E-state index in [1.54, 1.807) is 12.1 Å². The monoisotopic (exact) mass is 616 g/mol. The van der Waals surface area contributed by atoms with Gasteiger partial charge >= 0.3 is 0 Å². The Bertz CT molecular complexity index is 1500. The molecule has 5 rings (SSSR count). The largest absolute Gasteiger partial charge is 0.494 e. The van der Waals surface area contributed by atoms with E-state index >= 15 is 0 Å². The first-order valence-corrected chi connectivity index (χ1v) is 14.2. The lowest BCUT2D eigenvalue weighted by molar-refractivity contribution is -0.129. The molecule has 0 radical (unpaired) electrons. The molecule has 0 spiro atoms. The maximum atomic E-state index is 14.2. The number of aliphatic hydroxyl groups excluding tert-OH is 1. The quantitative estimate of drug-likeness (QED) is 0.198. The summed E-state index contributed by atoms with van der Waals surface area (Å²) in [6.07, 6.45) is 0.105. The van der Waals surface area contributed by atoms with Gasteiger partial charge in [-0.1, -0.05) is 70.5 Å². The molecule has 2 N–H and O–H groups in total. The number of rotatable bonds is 11. The van der Waals surface area contributed by atoms with Gasteiger partial charge in [-0.2, -0.15) is 0 Å². The Kier molecular flexibility index (Phi) is 9.11. The highest BCUT2D eigenvalue weighted by Crippen LogP contribution is 2.43. The molecule has 6 nitrogen and oxygen atoms in total. The van der Waals surface area contributed by atoms with E-state index in [1.807, 2.05) is 78.9 Å². The number of carbonyl (C=O) groups is 1. The van der Waals surface area contributed by atoms with Crippen molar-refractivity contribution in [1.29, 1.82) is 0 Å². The summed E-state index contributed by atoms with van der Waals surface area (Å²) in [5.74, 6) is 0.319. The Hall–Kier alpha value is -4.01. The van der Waals surface area contributed by atoms with Gasteiger partial charge in [-0.25, -0.2) is 9.38 Å². The van der Waals surface area contributed by atoms with Crippen LogP contribution in [0, 0.1) is 5.82 Å². The van der Waals surface area contributed by atoms with Crippen molar-refractivity contribution in [3.05, 3.63) is 136 Å². The van der Waals surface area contributed by atoms with Gasteiger partial charge in [0.25, 0.3) is 5.91 Å². The Morgan fingerprint density at radius 1 is 0.976 bits per heavy atom. The van der Waals surface area contributed by atoms with E-state index in [4.69, 9.17) is 19.6 Å². The SMILES string of the molecule is O=C(NCc1cccc(F)c1)[C@]1(Cc2ccccc2)N=C(c2ccc(OCCCO)cc2)O[C@@H]1c1ccc(Br)cc1. The Balaban J connectivity index is 1.53. The minimum atomic E-state index is -1.34. The van der Waals surface area contributed by atoms with E-state index in [2.05, 4.69) is 21.2 Å². The number of amides is 1. The summed E-state index contributed by atoms with van der Waals surface area (Å²) in [6.45, 7) is 0.612. The zero-order chi connectivity index (χ0) is 28.7. The molecule has 1 heterocycles. The second kappa shape index (κ2) is 13.1. The van der Waals surface area contributed by atoms with Crippen LogP contribution in [0.15, 0.2) is 113 Å². The third kappa shape index (κ3) is 6.84. The van der Waals surface area contributed by atoms with Crippen LogP contribution >= 0.6 is 15.9 Å². The number of aliphatic hydroxyl groups is 1. The Morgan fingerprint density at radius 3 is 2.41 bits per heavy atom. The lowest BCUT2D eigenvalue weighted by Crippen LogP contribution is -2.49. The summed E-state index contributed by atoms with van der Waals surface area (Å²) in [5, 5.41) is 12.0. The number of benzene rings is 4. The van der Waals surface area contributed by atoms with Crippen molar-refractivity contribution in [1.82, 2.24) is 5.32 Å². The van der Waals surface area contributed by atoms with Crippen LogP contribution in [0.3, 0.4) is 0 Å². The van der Waals surface area contributed by atoms with E-state index in [9.17, 15) is 9.18 Å². The molecule has 41 heavy (non-hydrogen) atoms. The second-order valence-electron chi connectivity index (χ2n) is 9.82. The fourth-order valence-electron chi connectivity index (χ4n) is 4.81. The number of hydrogen-bond donors (Lipinski definition) is 2. The first-order valence-electron chi connectivity index (χ1n) is 13.4. The fourth-order valence-corrected chi connectivity index (χ4v) is 5.07. The number of nitrogens with zero attached hydrogens (tertiary/aromatic N) is 1. The van der Waals surface area contributed by atoms with Gasteiger partial charge in [0.15, 0.2) is 11.6 Å². The van der Waals surface area contributed by atoms with Crippen molar-refractivity contribution in [2.24, 2.45) is 4.99 Å². The number of ether oxygens (including phenoxy) is 2. The highest BCUT2D eigenvalue weighted by Gasteiger charge is 2.53. The smallest absolute Gasteiger partial charge is 0.252 e. The second-order valence-corrected chi connectivity index (χ2v) is 10.7. The molecule has 4 aromatic rings. The van der Waals surface area contributed by atoms with Crippen molar-refractivity contribution in [2.45, 2.75) is 31.0 Å². The highest BCUT2D eigenvalue weighted by molar-refractivity contribution is 9.10. The summed E-state index contributed by atoms with van der Waals surface area (Å²) in [4.78, 5) is 19.2. The first-order chi connectivity index (χ1) is 20.0. The van der Waals surface area contributed by atoms with Gasteiger partial charge in [-0.3, -0.25) is 4.79 Å². The predicted molar refractivity (Wildman–Crippen MR) is 159 cm³/mol. The topological polar surface area (TPSA) is 80.2 Å². The van der Waals surface area contributed by atoms with Crippen LogP contribution in [-0.2, 0) is 22.5 Å². The molecule has 210 valence electrons. The average Bonchev–Trinajstić information content (AvgIpc) is 3.37. The van der Waals surface area contributed by atoms with E-state index < -0.39 is 11.6 Å². The molecule has 2 atom stereocenters. The van der Waals surface area contributed by atoms with E-state index in [0.29, 0.717) is 35.8 Å². The summed E-state index contributed by atoms with van der Waals surface area (Å²) in [6, 6.07) is 30.8. The molecule has 0 unspecified atom stereocenters. The van der Waals surface area contributed by atoms with Gasteiger partial charge in [0.2, 0.25) is 5.90 Å². The molecule has 0 aromatic heterocycles. The van der Waals surface area contributed by atoms with Crippen LogP contribution in [0.25, 0.3) is 0 Å². The van der Waals surface area contributed by atoms with E-state index in [1.165, 1.54) is 12.1 Å². The number of nitrogens with one attached hydrogen (secondary N) is 1. The lowest BCUT2D eigenvalue weighted by Gasteiger charge is -2.31. The molecule has 0 fully saturated rings. The molecule has 0 saturated heterocycles. The van der Waals surface area contributed by atoms with E-state index in [0.717, 1.165) is 15.6 Å². The van der Waals surface area contributed by atoms with Gasteiger partial charge in [0.05, 0.1) is 6.61 Å². The number of carbonyl (C=O) groups excluding carboxylic acids is 1. The van der Waals surface area contributed by atoms with Gasteiger partial charge in [0.1, 0.15) is 11.6 Å². The molecular weight excluding hydrogens is 587 g/mol. The summed E-state index contributed by atoms with van der Waals surface area (Å²) in [5.41, 5.74) is 1.74. The zero-order valence-corrected chi connectivity index (χ0v) is 23.9. The van der Waals surface area contributed by atoms with Crippen molar-refractivity contribution >= 4 is 27.7 Å². The van der Waals surface area contributed by atoms with Gasteiger partial charge in [-0.15, -0.1) is 0 Å².